The van der Waals surface area contributed by atoms with Crippen LogP contribution in [0.15, 0.2) is 30.5 Å². The summed E-state index contributed by atoms with van der Waals surface area (Å²) >= 11 is 5.68. The van der Waals surface area contributed by atoms with E-state index in [2.05, 4.69) is 15.7 Å². The Labute approximate surface area is 156 Å². The Morgan fingerprint density at radius 1 is 1.48 bits per heavy atom. The van der Waals surface area contributed by atoms with Gasteiger partial charge in [0.05, 0.1) is 31.0 Å². The highest BCUT2D eigenvalue weighted by atomic mass is 35.5. The van der Waals surface area contributed by atoms with Gasteiger partial charge in [0, 0.05) is 25.1 Å². The van der Waals surface area contributed by atoms with E-state index in [9.17, 15) is 9.18 Å². The average Bonchev–Trinajstić information content (AvgIpc) is 2.98. The highest BCUT2D eigenvalue weighted by Crippen LogP contribution is 2.17. The van der Waals surface area contributed by atoms with Crippen molar-refractivity contribution < 1.29 is 13.9 Å². The quantitative estimate of drug-likeness (QED) is 0.825. The number of hydrogen-bond donors (Lipinski definition) is 2. The fraction of sp³-hybridized carbons (Fsp3) is 0.375. The Morgan fingerprint density at radius 2 is 2.32 bits per heavy atom. The summed E-state index contributed by atoms with van der Waals surface area (Å²) < 4.78 is 20.5. The van der Waals surface area contributed by atoms with E-state index in [1.54, 1.807) is 23.0 Å². The molecular weight excluding hydrogens is 370 g/mol. The van der Waals surface area contributed by atoms with Crippen LogP contribution in [-0.2, 0) is 16.1 Å². The molecule has 136 valence electrons. The van der Waals surface area contributed by atoms with Crippen molar-refractivity contribution in [1.82, 2.24) is 15.1 Å². The van der Waals surface area contributed by atoms with Crippen LogP contribution in [0, 0.1) is 5.82 Å². The van der Waals surface area contributed by atoms with Crippen LogP contribution >= 0.6 is 24.0 Å². The van der Waals surface area contributed by atoms with Crippen LogP contribution in [0.3, 0.4) is 0 Å². The van der Waals surface area contributed by atoms with E-state index >= 15 is 0 Å². The van der Waals surface area contributed by atoms with E-state index < -0.39 is 5.82 Å². The molecule has 1 aliphatic heterocycles. The summed E-state index contributed by atoms with van der Waals surface area (Å²) in [5, 5.41) is 10.3. The van der Waals surface area contributed by atoms with Gasteiger partial charge in [-0.1, -0.05) is 17.7 Å². The highest BCUT2D eigenvalue weighted by Gasteiger charge is 2.18. The van der Waals surface area contributed by atoms with Gasteiger partial charge in [-0.25, -0.2) is 9.07 Å². The van der Waals surface area contributed by atoms with Crippen molar-refractivity contribution in [1.29, 1.82) is 0 Å². The average molecular weight is 389 g/mol. The van der Waals surface area contributed by atoms with Crippen LogP contribution in [0.25, 0.3) is 0 Å². The lowest BCUT2D eigenvalue weighted by atomic mass is 10.2. The van der Waals surface area contributed by atoms with Crippen molar-refractivity contribution in [3.8, 4) is 0 Å². The molecule has 1 unspecified atom stereocenters. The van der Waals surface area contributed by atoms with E-state index in [0.717, 1.165) is 6.54 Å². The minimum Gasteiger partial charge on any atom is -0.378 e. The lowest BCUT2D eigenvalue weighted by molar-refractivity contribution is -0.117. The van der Waals surface area contributed by atoms with Gasteiger partial charge in [-0.15, -0.1) is 12.4 Å². The van der Waals surface area contributed by atoms with Crippen molar-refractivity contribution in [3.05, 3.63) is 46.9 Å². The van der Waals surface area contributed by atoms with E-state index in [1.165, 1.54) is 12.1 Å². The molecule has 0 bridgehead atoms. The second-order valence-electron chi connectivity index (χ2n) is 5.60. The van der Waals surface area contributed by atoms with Gasteiger partial charge in [0.2, 0.25) is 5.91 Å². The van der Waals surface area contributed by atoms with E-state index in [4.69, 9.17) is 16.3 Å². The molecule has 1 saturated heterocycles. The number of ether oxygens (including phenoxy) is 1. The highest BCUT2D eigenvalue weighted by molar-refractivity contribution is 6.30. The molecule has 0 saturated carbocycles. The minimum absolute atomic E-state index is 0. The molecule has 1 aromatic heterocycles. The van der Waals surface area contributed by atoms with Gasteiger partial charge in [-0.3, -0.25) is 4.79 Å². The van der Waals surface area contributed by atoms with Gasteiger partial charge in [0.15, 0.2) is 0 Å². The maximum Gasteiger partial charge on any atom is 0.227 e. The van der Waals surface area contributed by atoms with Gasteiger partial charge < -0.3 is 15.4 Å². The van der Waals surface area contributed by atoms with E-state index in [1.807, 2.05) is 0 Å². The number of carbonyl (C=O) groups is 1. The van der Waals surface area contributed by atoms with Crippen LogP contribution in [0.4, 0.5) is 10.2 Å². The normalized spacial score (nSPS) is 17.0. The Bertz CT molecular complexity index is 720. The second-order valence-corrected chi connectivity index (χ2v) is 6.01. The van der Waals surface area contributed by atoms with E-state index in [-0.39, 0.29) is 29.4 Å². The van der Waals surface area contributed by atoms with Crippen LogP contribution in [-0.4, -0.2) is 41.5 Å². The third-order valence-electron chi connectivity index (χ3n) is 3.73. The molecular formula is C16H19Cl2FN4O2. The van der Waals surface area contributed by atoms with Crippen molar-refractivity contribution in [2.45, 2.75) is 19.0 Å². The SMILES string of the molecule is Cl.O=C(CC1COCCN1)Nc1ccnn1Cc1ccc(Cl)c(F)c1. The standard InChI is InChI=1S/C16H18ClFN4O2.ClH/c17-13-2-1-11(7-14(13)18)9-22-15(3-4-20-22)21-16(23)8-12-10-24-6-5-19-12;/h1-4,7,12,19H,5-6,8-10H2,(H,21,23);1H. The number of anilines is 1. The molecule has 1 aromatic carbocycles. The van der Waals surface area contributed by atoms with Crippen molar-refractivity contribution in [2.24, 2.45) is 0 Å². The van der Waals surface area contributed by atoms with Crippen LogP contribution in [0.5, 0.6) is 0 Å². The van der Waals surface area contributed by atoms with Crippen molar-refractivity contribution in [2.75, 3.05) is 25.1 Å². The van der Waals surface area contributed by atoms with Gasteiger partial charge in [-0.05, 0) is 17.7 Å². The first-order chi connectivity index (χ1) is 11.6. The molecule has 0 aliphatic carbocycles. The van der Waals surface area contributed by atoms with Gasteiger partial charge in [-0.2, -0.15) is 5.10 Å². The van der Waals surface area contributed by atoms with Crippen LogP contribution < -0.4 is 10.6 Å². The van der Waals surface area contributed by atoms with Gasteiger partial charge in [0.25, 0.3) is 0 Å². The molecule has 2 heterocycles. The largest absolute Gasteiger partial charge is 0.378 e. The fourth-order valence-corrected chi connectivity index (χ4v) is 2.66. The minimum atomic E-state index is -0.477. The zero-order valence-corrected chi connectivity index (χ0v) is 14.9. The summed E-state index contributed by atoms with van der Waals surface area (Å²) in [6.07, 6.45) is 1.91. The predicted octanol–water partition coefficient (Wildman–Crippen LogP) is 2.46. The summed E-state index contributed by atoms with van der Waals surface area (Å²) in [6, 6.07) is 6.30. The third-order valence-corrected chi connectivity index (χ3v) is 4.04. The number of aromatic nitrogens is 2. The Morgan fingerprint density at radius 3 is 3.04 bits per heavy atom. The van der Waals surface area contributed by atoms with Crippen molar-refractivity contribution >= 4 is 35.7 Å². The number of nitrogens with one attached hydrogen (secondary N) is 2. The molecule has 3 rings (SSSR count). The second kappa shape index (κ2) is 9.15. The maximum atomic E-state index is 13.5. The Balaban J connectivity index is 0.00000225. The molecule has 1 atom stereocenters. The number of carbonyl (C=O) groups excluding carboxylic acids is 1. The molecule has 0 radical (unpaired) electrons. The zero-order valence-electron chi connectivity index (χ0n) is 13.4. The molecule has 1 amide bonds. The van der Waals surface area contributed by atoms with Gasteiger partial charge in [0.1, 0.15) is 11.6 Å². The maximum absolute atomic E-state index is 13.5. The first-order valence-corrected chi connectivity index (χ1v) is 8.06. The van der Waals surface area contributed by atoms with Gasteiger partial charge >= 0.3 is 0 Å². The zero-order chi connectivity index (χ0) is 16.9. The molecule has 1 fully saturated rings. The third kappa shape index (κ3) is 5.40. The molecule has 6 nitrogen and oxygen atoms in total. The molecule has 0 spiro atoms. The Kier molecular flexibility index (Phi) is 7.19. The number of hydrogen-bond acceptors (Lipinski definition) is 4. The molecule has 1 aliphatic rings. The number of halogens is 3. The smallest absolute Gasteiger partial charge is 0.227 e. The van der Waals surface area contributed by atoms with E-state index in [0.29, 0.717) is 37.6 Å². The molecule has 25 heavy (non-hydrogen) atoms. The summed E-state index contributed by atoms with van der Waals surface area (Å²) in [5.41, 5.74) is 0.707. The fourth-order valence-electron chi connectivity index (χ4n) is 2.54. The molecule has 2 N–H and O–H groups in total. The predicted molar refractivity (Wildman–Crippen MR) is 95.8 cm³/mol. The summed E-state index contributed by atoms with van der Waals surface area (Å²) in [6.45, 7) is 2.28. The monoisotopic (exact) mass is 388 g/mol. The lowest BCUT2D eigenvalue weighted by Gasteiger charge is -2.23. The lowest BCUT2D eigenvalue weighted by Crippen LogP contribution is -2.43. The Hall–Kier alpha value is -1.67. The van der Waals surface area contributed by atoms with Crippen molar-refractivity contribution in [3.63, 3.8) is 0 Å². The molecule has 2 aromatic rings. The number of benzene rings is 1. The number of rotatable bonds is 5. The van der Waals surface area contributed by atoms with Crippen LogP contribution in [0.1, 0.15) is 12.0 Å². The molecule has 9 heteroatoms. The summed E-state index contributed by atoms with van der Waals surface area (Å²) in [7, 11) is 0. The number of morpholine rings is 1. The number of nitrogens with zero attached hydrogens (tertiary/aromatic N) is 2. The first-order valence-electron chi connectivity index (χ1n) is 7.68. The van der Waals surface area contributed by atoms with Crippen LogP contribution in [0.2, 0.25) is 5.02 Å². The summed E-state index contributed by atoms with van der Waals surface area (Å²) in [4.78, 5) is 12.2. The number of amides is 1. The summed E-state index contributed by atoms with van der Waals surface area (Å²) in [5.74, 6) is -0.0376. The topological polar surface area (TPSA) is 68.2 Å². The first kappa shape index (κ1) is 19.7.